The van der Waals surface area contributed by atoms with Gasteiger partial charge in [-0.15, -0.1) is 0 Å². The molecule has 0 spiro atoms. The van der Waals surface area contributed by atoms with E-state index in [9.17, 15) is 0 Å². The van der Waals surface area contributed by atoms with Crippen molar-refractivity contribution in [1.29, 1.82) is 0 Å². The van der Waals surface area contributed by atoms with Crippen LogP contribution in [0, 0.1) is 0 Å². The quantitative estimate of drug-likeness (QED) is 0.249. The van der Waals surface area contributed by atoms with Gasteiger partial charge in [-0.25, -0.2) is 0 Å². The molecule has 0 aliphatic rings. The Morgan fingerprint density at radius 2 is 1.27 bits per heavy atom. The molecule has 2 nitrogen and oxygen atoms in total. The molecule has 0 aliphatic carbocycles. The third-order valence-corrected chi connectivity index (χ3v) is 7.01. The standard InChI is InChI=1S/C31H17NO/c1-2-5-23-17-32-27(15-20(23)4-1)21-11-12-24-26-14-22-9-8-18-6-3-7-19-10-13-25(30(22)29(18)19)31(26)33-28(24)16-21/h1-17H. The fourth-order valence-corrected chi connectivity index (χ4v) is 5.43. The van der Waals surface area contributed by atoms with Gasteiger partial charge in [-0.3, -0.25) is 4.98 Å². The summed E-state index contributed by atoms with van der Waals surface area (Å²) in [6, 6.07) is 34.6. The average Bonchev–Trinajstić information content (AvgIpc) is 3.24. The van der Waals surface area contributed by atoms with Crippen molar-refractivity contribution in [2.75, 3.05) is 0 Å². The highest BCUT2D eigenvalue weighted by atomic mass is 16.3. The predicted molar refractivity (Wildman–Crippen MR) is 138 cm³/mol. The number of pyridine rings is 1. The van der Waals surface area contributed by atoms with Gasteiger partial charge in [-0.05, 0) is 57.3 Å². The molecule has 0 aliphatic heterocycles. The third kappa shape index (κ3) is 2.30. The molecular formula is C31H17NO. The molecule has 0 saturated heterocycles. The van der Waals surface area contributed by atoms with Crippen molar-refractivity contribution < 1.29 is 4.42 Å². The van der Waals surface area contributed by atoms with E-state index in [0.717, 1.165) is 38.6 Å². The summed E-state index contributed by atoms with van der Waals surface area (Å²) >= 11 is 0. The van der Waals surface area contributed by atoms with Crippen molar-refractivity contribution in [2.45, 2.75) is 0 Å². The minimum Gasteiger partial charge on any atom is -0.455 e. The molecule has 2 heterocycles. The van der Waals surface area contributed by atoms with Crippen LogP contribution in [0.25, 0.3) is 76.3 Å². The smallest absolute Gasteiger partial charge is 0.143 e. The average molecular weight is 419 g/mol. The van der Waals surface area contributed by atoms with Crippen LogP contribution in [0.2, 0.25) is 0 Å². The first-order valence-electron chi connectivity index (χ1n) is 11.2. The van der Waals surface area contributed by atoms with E-state index in [-0.39, 0.29) is 0 Å². The zero-order valence-electron chi connectivity index (χ0n) is 17.7. The Morgan fingerprint density at radius 1 is 0.515 bits per heavy atom. The van der Waals surface area contributed by atoms with Crippen molar-refractivity contribution >= 4 is 65.0 Å². The van der Waals surface area contributed by atoms with Crippen molar-refractivity contribution in [1.82, 2.24) is 4.98 Å². The first kappa shape index (κ1) is 17.2. The first-order valence-corrected chi connectivity index (χ1v) is 11.2. The Morgan fingerprint density at radius 3 is 2.18 bits per heavy atom. The van der Waals surface area contributed by atoms with E-state index in [1.165, 1.54) is 37.7 Å². The van der Waals surface area contributed by atoms with E-state index in [2.05, 4.69) is 91.0 Å². The highest BCUT2D eigenvalue weighted by Gasteiger charge is 2.16. The Bertz CT molecular complexity index is 2010. The van der Waals surface area contributed by atoms with E-state index < -0.39 is 0 Å². The lowest BCUT2D eigenvalue weighted by molar-refractivity contribution is 0.673. The number of nitrogens with zero attached hydrogens (tertiary/aromatic N) is 1. The van der Waals surface area contributed by atoms with Crippen LogP contribution in [0.4, 0.5) is 0 Å². The van der Waals surface area contributed by atoms with Crippen LogP contribution in [0.5, 0.6) is 0 Å². The molecule has 0 fully saturated rings. The summed E-state index contributed by atoms with van der Waals surface area (Å²) in [7, 11) is 0. The van der Waals surface area contributed by atoms with E-state index >= 15 is 0 Å². The summed E-state index contributed by atoms with van der Waals surface area (Å²) in [5.74, 6) is 0. The fraction of sp³-hybridized carbons (Fsp3) is 0. The van der Waals surface area contributed by atoms with E-state index in [4.69, 9.17) is 9.40 Å². The van der Waals surface area contributed by atoms with Crippen LogP contribution >= 0.6 is 0 Å². The molecule has 0 N–H and O–H groups in total. The maximum atomic E-state index is 6.53. The number of hydrogen-bond acceptors (Lipinski definition) is 2. The lowest BCUT2D eigenvalue weighted by Crippen LogP contribution is -1.84. The lowest BCUT2D eigenvalue weighted by atomic mass is 9.93. The maximum absolute atomic E-state index is 6.53. The topological polar surface area (TPSA) is 26.0 Å². The summed E-state index contributed by atoms with van der Waals surface area (Å²) in [6.07, 6.45) is 1.94. The van der Waals surface area contributed by atoms with Gasteiger partial charge in [0.05, 0.1) is 5.69 Å². The van der Waals surface area contributed by atoms with Crippen molar-refractivity contribution in [3.8, 4) is 11.3 Å². The number of aromatic nitrogens is 1. The molecule has 0 amide bonds. The van der Waals surface area contributed by atoms with Crippen molar-refractivity contribution in [3.05, 3.63) is 103 Å². The zero-order chi connectivity index (χ0) is 21.5. The summed E-state index contributed by atoms with van der Waals surface area (Å²) < 4.78 is 6.53. The second-order valence-electron chi connectivity index (χ2n) is 8.84. The normalized spacial score (nSPS) is 12.2. The molecule has 2 aromatic heterocycles. The van der Waals surface area contributed by atoms with Gasteiger partial charge < -0.3 is 4.42 Å². The summed E-state index contributed by atoms with van der Waals surface area (Å²) in [5, 5.41) is 12.2. The summed E-state index contributed by atoms with van der Waals surface area (Å²) in [5.41, 5.74) is 3.87. The molecule has 0 atom stereocenters. The van der Waals surface area contributed by atoms with Crippen LogP contribution < -0.4 is 0 Å². The SMILES string of the molecule is c1ccc2cc(-c3ccc4c(c3)oc3c4cc4ccc5cccc6ccc3c4c56)ncc2c1. The largest absolute Gasteiger partial charge is 0.455 e. The molecule has 0 bridgehead atoms. The molecule has 0 radical (unpaired) electrons. The Balaban J connectivity index is 1.43. The van der Waals surface area contributed by atoms with Gasteiger partial charge in [0, 0.05) is 38.7 Å². The van der Waals surface area contributed by atoms with Gasteiger partial charge in [-0.2, -0.15) is 0 Å². The van der Waals surface area contributed by atoms with Gasteiger partial charge in [0.2, 0.25) is 0 Å². The Kier molecular flexibility index (Phi) is 3.16. The van der Waals surface area contributed by atoms with Crippen LogP contribution in [0.3, 0.4) is 0 Å². The molecule has 8 rings (SSSR count). The van der Waals surface area contributed by atoms with Crippen LogP contribution in [0.15, 0.2) is 108 Å². The molecule has 8 aromatic rings. The molecule has 6 aromatic carbocycles. The molecule has 2 heteroatoms. The van der Waals surface area contributed by atoms with Gasteiger partial charge in [-0.1, -0.05) is 66.7 Å². The second-order valence-corrected chi connectivity index (χ2v) is 8.84. The highest BCUT2D eigenvalue weighted by Crippen LogP contribution is 2.42. The number of hydrogen-bond donors (Lipinski definition) is 0. The molecule has 0 unspecified atom stereocenters. The Hall–Kier alpha value is -4.43. The number of fused-ring (bicyclic) bond motifs is 5. The molecule has 33 heavy (non-hydrogen) atoms. The zero-order valence-corrected chi connectivity index (χ0v) is 17.7. The minimum absolute atomic E-state index is 0.896. The first-order chi connectivity index (χ1) is 16.3. The van der Waals surface area contributed by atoms with E-state index in [1.54, 1.807) is 0 Å². The monoisotopic (exact) mass is 419 g/mol. The van der Waals surface area contributed by atoms with Crippen LogP contribution in [0.1, 0.15) is 0 Å². The van der Waals surface area contributed by atoms with Gasteiger partial charge in [0.1, 0.15) is 11.2 Å². The number of benzene rings is 6. The summed E-state index contributed by atoms with van der Waals surface area (Å²) in [4.78, 5) is 4.71. The van der Waals surface area contributed by atoms with Crippen molar-refractivity contribution in [3.63, 3.8) is 0 Å². The van der Waals surface area contributed by atoms with Gasteiger partial charge >= 0.3 is 0 Å². The van der Waals surface area contributed by atoms with Gasteiger partial charge in [0.15, 0.2) is 0 Å². The number of rotatable bonds is 1. The molecular weight excluding hydrogens is 402 g/mol. The fourth-order valence-electron chi connectivity index (χ4n) is 5.43. The Labute approximate surface area is 189 Å². The van der Waals surface area contributed by atoms with E-state index in [0.29, 0.717) is 0 Å². The number of furan rings is 1. The van der Waals surface area contributed by atoms with Gasteiger partial charge in [0.25, 0.3) is 0 Å². The van der Waals surface area contributed by atoms with E-state index in [1.807, 2.05) is 12.3 Å². The third-order valence-electron chi connectivity index (χ3n) is 7.01. The molecule has 152 valence electrons. The second kappa shape index (κ2) is 6.08. The van der Waals surface area contributed by atoms with Crippen LogP contribution in [-0.2, 0) is 0 Å². The minimum atomic E-state index is 0.896. The van der Waals surface area contributed by atoms with Crippen molar-refractivity contribution in [2.24, 2.45) is 0 Å². The van der Waals surface area contributed by atoms with Crippen LogP contribution in [-0.4, -0.2) is 4.98 Å². The lowest BCUT2D eigenvalue weighted by Gasteiger charge is -2.10. The molecule has 0 saturated carbocycles. The summed E-state index contributed by atoms with van der Waals surface area (Å²) in [6.45, 7) is 0. The maximum Gasteiger partial charge on any atom is 0.143 e. The highest BCUT2D eigenvalue weighted by molar-refractivity contribution is 6.30. The predicted octanol–water partition coefficient (Wildman–Crippen LogP) is 8.70.